The summed E-state index contributed by atoms with van der Waals surface area (Å²) in [4.78, 5) is 34.6. The van der Waals surface area contributed by atoms with Crippen LogP contribution in [0.15, 0.2) is 24.3 Å². The third-order valence-corrected chi connectivity index (χ3v) is 6.38. The van der Waals surface area contributed by atoms with Gasteiger partial charge in [-0.05, 0) is 93.2 Å². The Balaban J connectivity index is 4.86. The van der Waals surface area contributed by atoms with E-state index in [1.807, 2.05) is 0 Å². The minimum atomic E-state index is -4.44. The zero-order valence-electron chi connectivity index (χ0n) is 22.0. The lowest BCUT2D eigenvalue weighted by molar-refractivity contribution is -0.138. The molecule has 0 heterocycles. The van der Waals surface area contributed by atoms with Gasteiger partial charge in [0.1, 0.15) is 11.2 Å². The van der Waals surface area contributed by atoms with Crippen LogP contribution in [0, 0.1) is 0 Å². The van der Waals surface area contributed by atoms with E-state index in [1.54, 1.807) is 69.2 Å². The van der Waals surface area contributed by atoms with Gasteiger partial charge < -0.3 is 14.4 Å². The Morgan fingerprint density at radius 3 is 1.24 bits per heavy atom. The van der Waals surface area contributed by atoms with Gasteiger partial charge in [-0.25, -0.2) is 4.57 Å². The number of rotatable bonds is 16. The fraction of sp³-hybridized carbons (Fsp3) is 0.750. The maximum atomic E-state index is 12.7. The molecule has 1 N–H and O–H groups in total. The molecule has 0 aromatic carbocycles. The van der Waals surface area contributed by atoms with Gasteiger partial charge in [0.25, 0.3) is 0 Å². The fourth-order valence-electron chi connectivity index (χ4n) is 3.00. The van der Waals surface area contributed by atoms with Gasteiger partial charge in [-0.15, -0.1) is 0 Å². The molecule has 0 spiro atoms. The molecule has 0 aliphatic heterocycles. The Morgan fingerprint density at radius 2 is 1.00 bits per heavy atom. The van der Waals surface area contributed by atoms with Gasteiger partial charge in [-0.2, -0.15) is 0 Å². The smallest absolute Gasteiger partial charge is 0.367 e. The number of ketones is 2. The third kappa shape index (κ3) is 11.7. The van der Waals surface area contributed by atoms with Crippen LogP contribution in [0.1, 0.15) is 82.1 Å². The maximum absolute atomic E-state index is 12.7. The highest BCUT2D eigenvalue weighted by Gasteiger charge is 2.38. The van der Waals surface area contributed by atoms with Crippen LogP contribution in [-0.2, 0) is 32.7 Å². The van der Waals surface area contributed by atoms with E-state index in [4.69, 9.17) is 18.5 Å². The minimum absolute atomic E-state index is 0.127. The second-order valence-corrected chi connectivity index (χ2v) is 11.9. The van der Waals surface area contributed by atoms with E-state index in [2.05, 4.69) is 13.2 Å². The van der Waals surface area contributed by atoms with Crippen LogP contribution in [0.4, 0.5) is 0 Å². The standard InChI is InChI=1S/C24H43O8P/c1-17(2)19(25)23(9,10)29-15-13-21(5,6)31-33(27,28)32-22(7,8)14-16-30-24(11,12)20(26)18(3)4/h1,3,13-16H2,2,4-12H3,(H,27,28). The summed E-state index contributed by atoms with van der Waals surface area (Å²) in [5.74, 6) is -0.427. The van der Waals surface area contributed by atoms with Crippen LogP contribution in [0.2, 0.25) is 0 Å². The number of carbonyl (C=O) groups is 2. The Kier molecular flexibility index (Phi) is 11.1. The number of phosphoric ester groups is 1. The van der Waals surface area contributed by atoms with Gasteiger partial charge in [0.15, 0.2) is 11.6 Å². The van der Waals surface area contributed by atoms with Crippen molar-refractivity contribution in [2.45, 2.75) is 104 Å². The van der Waals surface area contributed by atoms with Crippen molar-refractivity contribution in [3.05, 3.63) is 24.3 Å². The van der Waals surface area contributed by atoms with Crippen LogP contribution >= 0.6 is 7.82 Å². The molecule has 8 nitrogen and oxygen atoms in total. The highest BCUT2D eigenvalue weighted by Crippen LogP contribution is 2.51. The minimum Gasteiger partial charge on any atom is -0.367 e. The molecule has 0 amide bonds. The van der Waals surface area contributed by atoms with Crippen molar-refractivity contribution >= 4 is 19.4 Å². The van der Waals surface area contributed by atoms with Crippen molar-refractivity contribution in [2.24, 2.45) is 0 Å². The Bertz CT molecular complexity index is 730. The predicted molar refractivity (Wildman–Crippen MR) is 129 cm³/mol. The topological polar surface area (TPSA) is 108 Å². The third-order valence-electron chi connectivity index (χ3n) is 4.93. The summed E-state index contributed by atoms with van der Waals surface area (Å²) in [6.45, 7) is 23.9. The zero-order valence-corrected chi connectivity index (χ0v) is 22.9. The first-order valence-corrected chi connectivity index (χ1v) is 12.5. The Morgan fingerprint density at radius 1 is 0.727 bits per heavy atom. The van der Waals surface area contributed by atoms with E-state index in [9.17, 15) is 19.0 Å². The van der Waals surface area contributed by atoms with Crippen molar-refractivity contribution in [3.8, 4) is 0 Å². The molecular formula is C24H43O8P. The highest BCUT2D eigenvalue weighted by molar-refractivity contribution is 7.47. The van der Waals surface area contributed by atoms with Crippen LogP contribution < -0.4 is 0 Å². The van der Waals surface area contributed by atoms with Gasteiger partial charge in [-0.3, -0.25) is 18.6 Å². The van der Waals surface area contributed by atoms with Crippen LogP contribution in [0.25, 0.3) is 0 Å². The second kappa shape index (κ2) is 11.5. The number of Topliss-reactive ketones (excluding diaryl/α,β-unsaturated/α-hetero) is 2. The van der Waals surface area contributed by atoms with E-state index in [-0.39, 0.29) is 37.6 Å². The molecule has 0 saturated carbocycles. The molecule has 0 radical (unpaired) electrons. The number of hydrogen-bond donors (Lipinski definition) is 1. The quantitative estimate of drug-likeness (QED) is 0.228. The number of ether oxygens (including phenoxy) is 2. The SMILES string of the molecule is C=C(C)C(=O)C(C)(C)OCCC(C)(C)OP(=O)(O)OC(C)(C)CCOC(C)(C)C(=O)C(=C)C. The summed E-state index contributed by atoms with van der Waals surface area (Å²) in [6, 6.07) is 0. The molecule has 9 heteroatoms. The lowest BCUT2D eigenvalue weighted by Gasteiger charge is -2.33. The van der Waals surface area contributed by atoms with E-state index in [0.29, 0.717) is 11.1 Å². The van der Waals surface area contributed by atoms with Crippen LogP contribution in [0.3, 0.4) is 0 Å². The maximum Gasteiger partial charge on any atom is 0.473 e. The highest BCUT2D eigenvalue weighted by atomic mass is 31.2. The van der Waals surface area contributed by atoms with Crippen molar-refractivity contribution in [1.29, 1.82) is 0 Å². The second-order valence-electron chi connectivity index (χ2n) is 10.6. The van der Waals surface area contributed by atoms with Crippen molar-refractivity contribution in [2.75, 3.05) is 13.2 Å². The molecule has 0 aromatic rings. The summed E-state index contributed by atoms with van der Waals surface area (Å²) < 4.78 is 34.8. The van der Waals surface area contributed by atoms with Gasteiger partial charge in [0, 0.05) is 0 Å². The van der Waals surface area contributed by atoms with Crippen LogP contribution in [0.5, 0.6) is 0 Å². The van der Waals surface area contributed by atoms with E-state index < -0.39 is 30.2 Å². The molecule has 0 aliphatic rings. The molecule has 33 heavy (non-hydrogen) atoms. The van der Waals surface area contributed by atoms with Gasteiger partial charge in [-0.1, -0.05) is 13.2 Å². The largest absolute Gasteiger partial charge is 0.473 e. The van der Waals surface area contributed by atoms with Gasteiger partial charge >= 0.3 is 7.82 Å². The molecule has 0 bridgehead atoms. The normalized spacial score (nSPS) is 13.7. The molecule has 0 aromatic heterocycles. The Labute approximate surface area is 199 Å². The van der Waals surface area contributed by atoms with E-state index in [0.717, 1.165) is 0 Å². The first kappa shape index (κ1) is 31.9. The first-order chi connectivity index (χ1) is 14.5. The average molecular weight is 491 g/mol. The average Bonchev–Trinajstić information content (AvgIpc) is 2.56. The molecule has 0 aliphatic carbocycles. The first-order valence-electron chi connectivity index (χ1n) is 11.0. The van der Waals surface area contributed by atoms with Gasteiger partial charge in [0.05, 0.1) is 24.4 Å². The zero-order chi connectivity index (χ0) is 26.5. The molecular weight excluding hydrogens is 447 g/mol. The van der Waals surface area contributed by atoms with Crippen molar-refractivity contribution < 1.29 is 37.6 Å². The summed E-state index contributed by atoms with van der Waals surface area (Å²) in [6.07, 6.45) is 0.489. The monoisotopic (exact) mass is 490 g/mol. The summed E-state index contributed by atoms with van der Waals surface area (Å²) >= 11 is 0. The summed E-state index contributed by atoms with van der Waals surface area (Å²) in [5.41, 5.74) is -3.44. The van der Waals surface area contributed by atoms with E-state index >= 15 is 0 Å². The molecule has 0 fully saturated rings. The van der Waals surface area contributed by atoms with Crippen LogP contribution in [-0.4, -0.2) is 52.1 Å². The molecule has 0 atom stereocenters. The van der Waals surface area contributed by atoms with Crippen molar-refractivity contribution in [1.82, 2.24) is 0 Å². The number of hydrogen-bond acceptors (Lipinski definition) is 7. The van der Waals surface area contributed by atoms with Gasteiger partial charge in [0.2, 0.25) is 0 Å². The Hall–Kier alpha value is -1.15. The number of phosphoric acid groups is 1. The molecule has 192 valence electrons. The predicted octanol–water partition coefficient (Wildman–Crippen LogP) is 5.34. The molecule has 0 rings (SSSR count). The van der Waals surface area contributed by atoms with Crippen molar-refractivity contribution in [3.63, 3.8) is 0 Å². The molecule has 0 unspecified atom stereocenters. The summed E-state index contributed by atoms with van der Waals surface area (Å²) in [7, 11) is -4.44. The fourth-order valence-corrected chi connectivity index (χ4v) is 4.47. The lowest BCUT2D eigenvalue weighted by atomic mass is 9.98. The number of carbonyl (C=O) groups excluding carboxylic acids is 2. The lowest BCUT2D eigenvalue weighted by Crippen LogP contribution is -2.38. The molecule has 0 saturated heterocycles. The summed E-state index contributed by atoms with van der Waals surface area (Å²) in [5, 5.41) is 0. The van der Waals surface area contributed by atoms with E-state index in [1.165, 1.54) is 0 Å².